The number of likely N-dealkylation sites (N-methyl/N-ethyl adjacent to an activating group) is 1. The SMILES string of the molecule is COCCn1nc(-c2ccc3nc[nH]c3c2)nc1-c1ccc2c(c1)C(C)(C)C(=O)N2C. The van der Waals surface area contributed by atoms with E-state index < -0.39 is 5.41 Å². The smallest absolute Gasteiger partial charge is 0.236 e. The first kappa shape index (κ1) is 19.4. The maximum Gasteiger partial charge on any atom is 0.236 e. The monoisotopic (exact) mass is 416 g/mol. The van der Waals surface area contributed by atoms with Crippen molar-refractivity contribution >= 4 is 22.6 Å². The van der Waals surface area contributed by atoms with Gasteiger partial charge in [0.1, 0.15) is 0 Å². The van der Waals surface area contributed by atoms with Crippen LogP contribution < -0.4 is 4.90 Å². The summed E-state index contributed by atoms with van der Waals surface area (Å²) in [5, 5.41) is 4.76. The van der Waals surface area contributed by atoms with Crippen molar-refractivity contribution in [2.75, 3.05) is 25.7 Å². The number of rotatable bonds is 5. The van der Waals surface area contributed by atoms with Crippen LogP contribution in [0.2, 0.25) is 0 Å². The Morgan fingerprint density at radius 3 is 2.74 bits per heavy atom. The molecule has 1 amide bonds. The molecule has 31 heavy (non-hydrogen) atoms. The number of fused-ring (bicyclic) bond motifs is 2. The number of amides is 1. The number of nitrogens with one attached hydrogen (secondary N) is 1. The standard InChI is InChI=1S/C23H24N6O2/c1-23(2)16-11-15(6-8-19(16)28(3)22(23)30)21-26-20(27-29(21)9-10-31-4)14-5-7-17-18(12-14)25-13-24-17/h5-8,11-13H,9-10H2,1-4H3,(H,24,25). The van der Waals surface area contributed by atoms with Crippen molar-refractivity contribution in [2.45, 2.75) is 25.8 Å². The topological polar surface area (TPSA) is 88.9 Å². The van der Waals surface area contributed by atoms with E-state index in [-0.39, 0.29) is 5.91 Å². The number of benzene rings is 2. The van der Waals surface area contributed by atoms with E-state index in [0.717, 1.165) is 39.2 Å². The highest BCUT2D eigenvalue weighted by atomic mass is 16.5. The van der Waals surface area contributed by atoms with Crippen LogP contribution in [-0.4, -0.2) is 51.4 Å². The van der Waals surface area contributed by atoms with Gasteiger partial charge < -0.3 is 14.6 Å². The Labute approximate surface area is 179 Å². The minimum atomic E-state index is -0.577. The van der Waals surface area contributed by atoms with Crippen molar-refractivity contribution in [2.24, 2.45) is 0 Å². The highest BCUT2D eigenvalue weighted by Gasteiger charge is 2.42. The van der Waals surface area contributed by atoms with Gasteiger partial charge >= 0.3 is 0 Å². The van der Waals surface area contributed by atoms with Gasteiger partial charge in [0.05, 0.1) is 35.9 Å². The normalized spacial score (nSPS) is 15.1. The minimum absolute atomic E-state index is 0.0917. The summed E-state index contributed by atoms with van der Waals surface area (Å²) in [6.07, 6.45) is 1.68. The molecule has 1 N–H and O–H groups in total. The van der Waals surface area contributed by atoms with Crippen molar-refractivity contribution < 1.29 is 9.53 Å². The van der Waals surface area contributed by atoms with Crippen molar-refractivity contribution in [1.82, 2.24) is 24.7 Å². The largest absolute Gasteiger partial charge is 0.383 e. The average molecular weight is 416 g/mol. The number of imidazole rings is 1. The number of ether oxygens (including phenoxy) is 1. The van der Waals surface area contributed by atoms with Gasteiger partial charge in [-0.05, 0) is 55.8 Å². The van der Waals surface area contributed by atoms with E-state index in [9.17, 15) is 4.79 Å². The van der Waals surface area contributed by atoms with Gasteiger partial charge in [0.15, 0.2) is 11.6 Å². The third kappa shape index (κ3) is 3.02. The zero-order valence-electron chi connectivity index (χ0n) is 18.0. The van der Waals surface area contributed by atoms with Gasteiger partial charge in [0.2, 0.25) is 5.91 Å². The van der Waals surface area contributed by atoms with Crippen LogP contribution in [0.3, 0.4) is 0 Å². The number of aromatic nitrogens is 5. The molecule has 0 radical (unpaired) electrons. The minimum Gasteiger partial charge on any atom is -0.383 e. The Morgan fingerprint density at radius 1 is 1.13 bits per heavy atom. The van der Waals surface area contributed by atoms with Crippen molar-refractivity contribution in [3.05, 3.63) is 48.3 Å². The van der Waals surface area contributed by atoms with E-state index in [4.69, 9.17) is 14.8 Å². The second-order valence-corrected chi connectivity index (χ2v) is 8.33. The van der Waals surface area contributed by atoms with E-state index in [1.54, 1.807) is 18.3 Å². The lowest BCUT2D eigenvalue weighted by atomic mass is 9.85. The lowest BCUT2D eigenvalue weighted by molar-refractivity contribution is -0.121. The predicted molar refractivity (Wildman–Crippen MR) is 119 cm³/mol. The summed E-state index contributed by atoms with van der Waals surface area (Å²) in [5.41, 5.74) is 5.03. The number of hydrogen-bond acceptors (Lipinski definition) is 5. The van der Waals surface area contributed by atoms with Crippen LogP contribution in [0.25, 0.3) is 33.8 Å². The number of hydrogen-bond donors (Lipinski definition) is 1. The van der Waals surface area contributed by atoms with E-state index in [0.29, 0.717) is 19.0 Å². The lowest BCUT2D eigenvalue weighted by Crippen LogP contribution is -2.33. The van der Waals surface area contributed by atoms with Gasteiger partial charge in [0, 0.05) is 31.0 Å². The Morgan fingerprint density at radius 2 is 1.94 bits per heavy atom. The summed E-state index contributed by atoms with van der Waals surface area (Å²) in [6, 6.07) is 12.0. The first-order valence-corrected chi connectivity index (χ1v) is 10.2. The fourth-order valence-electron chi connectivity index (χ4n) is 4.20. The van der Waals surface area contributed by atoms with E-state index in [1.807, 2.05) is 55.9 Å². The molecule has 0 atom stereocenters. The number of H-pyrrole nitrogens is 1. The predicted octanol–water partition coefficient (Wildman–Crippen LogP) is 3.39. The van der Waals surface area contributed by atoms with Crippen LogP contribution in [-0.2, 0) is 21.5 Å². The van der Waals surface area contributed by atoms with Crippen LogP contribution in [0.5, 0.6) is 0 Å². The van der Waals surface area contributed by atoms with Gasteiger partial charge in [0.25, 0.3) is 0 Å². The first-order chi connectivity index (χ1) is 14.9. The number of aromatic amines is 1. The molecule has 0 aliphatic carbocycles. The average Bonchev–Trinajstić information content (AvgIpc) is 3.45. The molecule has 158 valence electrons. The lowest BCUT2D eigenvalue weighted by Gasteiger charge is -2.16. The Bertz CT molecular complexity index is 1300. The second-order valence-electron chi connectivity index (χ2n) is 8.33. The molecular weight excluding hydrogens is 392 g/mol. The van der Waals surface area contributed by atoms with E-state index >= 15 is 0 Å². The molecule has 3 heterocycles. The van der Waals surface area contributed by atoms with E-state index in [2.05, 4.69) is 16.0 Å². The molecule has 0 spiro atoms. The Balaban J connectivity index is 1.62. The van der Waals surface area contributed by atoms with Crippen molar-refractivity contribution in [3.8, 4) is 22.8 Å². The maximum atomic E-state index is 12.7. The molecule has 0 saturated heterocycles. The van der Waals surface area contributed by atoms with Gasteiger partial charge in [-0.2, -0.15) is 5.10 Å². The zero-order valence-corrected chi connectivity index (χ0v) is 18.0. The summed E-state index contributed by atoms with van der Waals surface area (Å²) in [7, 11) is 3.49. The molecule has 1 aliphatic heterocycles. The number of nitrogens with zero attached hydrogens (tertiary/aromatic N) is 5. The molecule has 2 aromatic carbocycles. The summed E-state index contributed by atoms with van der Waals surface area (Å²) >= 11 is 0. The number of carbonyl (C=O) groups is 1. The van der Waals surface area contributed by atoms with E-state index in [1.165, 1.54) is 0 Å². The van der Waals surface area contributed by atoms with Crippen LogP contribution >= 0.6 is 0 Å². The quantitative estimate of drug-likeness (QED) is 0.539. The number of methoxy groups -OCH3 is 1. The molecular formula is C23H24N6O2. The summed E-state index contributed by atoms with van der Waals surface area (Å²) in [5.74, 6) is 1.47. The molecule has 5 rings (SSSR count). The highest BCUT2D eigenvalue weighted by Crippen LogP contribution is 2.42. The van der Waals surface area contributed by atoms with Crippen LogP contribution in [0, 0.1) is 0 Å². The summed E-state index contributed by atoms with van der Waals surface area (Å²) in [4.78, 5) is 26.7. The third-order valence-corrected chi connectivity index (χ3v) is 5.99. The highest BCUT2D eigenvalue weighted by molar-refractivity contribution is 6.07. The van der Waals surface area contributed by atoms with Gasteiger partial charge in [-0.3, -0.25) is 4.79 Å². The number of carbonyl (C=O) groups excluding carboxylic acids is 1. The van der Waals surface area contributed by atoms with Crippen molar-refractivity contribution in [1.29, 1.82) is 0 Å². The third-order valence-electron chi connectivity index (χ3n) is 5.99. The summed E-state index contributed by atoms with van der Waals surface area (Å²) in [6.45, 7) is 5.02. The molecule has 8 heteroatoms. The van der Waals surface area contributed by atoms with Crippen molar-refractivity contribution in [3.63, 3.8) is 0 Å². The molecule has 8 nitrogen and oxygen atoms in total. The first-order valence-electron chi connectivity index (χ1n) is 10.2. The number of anilines is 1. The molecule has 1 aliphatic rings. The fourth-order valence-corrected chi connectivity index (χ4v) is 4.20. The zero-order chi connectivity index (χ0) is 21.8. The molecule has 0 unspecified atom stereocenters. The van der Waals surface area contributed by atoms with Gasteiger partial charge in [-0.15, -0.1) is 0 Å². The fraction of sp³-hybridized carbons (Fsp3) is 0.304. The molecule has 0 bridgehead atoms. The van der Waals surface area contributed by atoms with Gasteiger partial charge in [-0.25, -0.2) is 14.6 Å². The molecule has 4 aromatic rings. The Kier molecular flexibility index (Phi) is 4.40. The van der Waals surface area contributed by atoms with Crippen LogP contribution in [0.4, 0.5) is 5.69 Å². The molecule has 2 aromatic heterocycles. The summed E-state index contributed by atoms with van der Waals surface area (Å²) < 4.78 is 7.15. The second kappa shape index (κ2) is 7.02. The molecule has 0 saturated carbocycles. The maximum absolute atomic E-state index is 12.7. The Hall–Kier alpha value is -3.52. The van der Waals surface area contributed by atoms with Gasteiger partial charge in [-0.1, -0.05) is 0 Å². The molecule has 0 fully saturated rings. The van der Waals surface area contributed by atoms with Crippen LogP contribution in [0.1, 0.15) is 19.4 Å². The van der Waals surface area contributed by atoms with Crippen LogP contribution in [0.15, 0.2) is 42.7 Å².